The Morgan fingerprint density at radius 1 is 1.30 bits per heavy atom. The summed E-state index contributed by atoms with van der Waals surface area (Å²) in [6.07, 6.45) is 0.958. The molecule has 6 nitrogen and oxygen atoms in total. The third kappa shape index (κ3) is 5.95. The Balaban J connectivity index is 1.60. The zero-order chi connectivity index (χ0) is 18.9. The smallest absolute Gasteiger partial charge is 0.188 e. The molecular weight excluding hydrogens is 360 g/mol. The second-order valence-electron chi connectivity index (χ2n) is 6.42. The van der Waals surface area contributed by atoms with Crippen LogP contribution in [0.5, 0.6) is 5.75 Å². The van der Waals surface area contributed by atoms with Crippen LogP contribution in [-0.2, 0) is 11.2 Å². The number of benzene rings is 1. The normalized spacial score (nSPS) is 16.9. The molecule has 2 heterocycles. The quantitative estimate of drug-likeness (QED) is 0.536. The monoisotopic (exact) mass is 388 g/mol. The number of ether oxygens (including phenoxy) is 2. The highest BCUT2D eigenvalue weighted by molar-refractivity contribution is 7.09. The van der Waals surface area contributed by atoms with E-state index in [1.54, 1.807) is 18.4 Å². The van der Waals surface area contributed by atoms with Crippen LogP contribution in [0.2, 0.25) is 0 Å². The molecule has 27 heavy (non-hydrogen) atoms. The van der Waals surface area contributed by atoms with Crippen LogP contribution < -0.4 is 15.8 Å². The summed E-state index contributed by atoms with van der Waals surface area (Å²) in [6.45, 7) is 4.72. The Morgan fingerprint density at radius 3 is 2.74 bits per heavy atom. The van der Waals surface area contributed by atoms with Gasteiger partial charge in [-0.2, -0.15) is 0 Å². The third-order valence-electron chi connectivity index (χ3n) is 4.68. The maximum absolute atomic E-state index is 6.09. The minimum atomic E-state index is 0.178. The number of rotatable bonds is 8. The predicted molar refractivity (Wildman–Crippen MR) is 111 cm³/mol. The lowest BCUT2D eigenvalue weighted by Gasteiger charge is -2.34. The van der Waals surface area contributed by atoms with Gasteiger partial charge in [0.25, 0.3) is 0 Å². The summed E-state index contributed by atoms with van der Waals surface area (Å²) >= 11 is 1.76. The van der Waals surface area contributed by atoms with E-state index in [0.717, 1.165) is 45.0 Å². The Hall–Kier alpha value is -2.09. The molecule has 2 aromatic rings. The summed E-state index contributed by atoms with van der Waals surface area (Å²) in [4.78, 5) is 8.37. The van der Waals surface area contributed by atoms with Crippen molar-refractivity contribution in [3.8, 4) is 5.75 Å². The molecule has 0 radical (unpaired) electrons. The van der Waals surface area contributed by atoms with Crippen molar-refractivity contribution in [3.63, 3.8) is 0 Å². The Morgan fingerprint density at radius 2 is 2.07 bits per heavy atom. The molecule has 1 aromatic heterocycles. The van der Waals surface area contributed by atoms with Gasteiger partial charge in [-0.1, -0.05) is 18.2 Å². The lowest BCUT2D eigenvalue weighted by molar-refractivity contribution is 0.0180. The van der Waals surface area contributed by atoms with E-state index in [2.05, 4.69) is 44.9 Å². The van der Waals surface area contributed by atoms with Gasteiger partial charge in [-0.25, -0.2) is 0 Å². The lowest BCUT2D eigenvalue weighted by atomic mass is 10.0. The summed E-state index contributed by atoms with van der Waals surface area (Å²) in [5.74, 6) is 1.36. The van der Waals surface area contributed by atoms with E-state index < -0.39 is 0 Å². The second kappa shape index (κ2) is 10.3. The van der Waals surface area contributed by atoms with Crippen LogP contribution >= 0.6 is 11.3 Å². The van der Waals surface area contributed by atoms with Crippen LogP contribution in [-0.4, -0.2) is 57.4 Å². The maximum Gasteiger partial charge on any atom is 0.188 e. The van der Waals surface area contributed by atoms with Crippen molar-refractivity contribution >= 4 is 17.3 Å². The van der Waals surface area contributed by atoms with Crippen molar-refractivity contribution in [2.24, 2.45) is 10.7 Å². The molecule has 3 N–H and O–H groups in total. The highest BCUT2D eigenvalue weighted by Gasteiger charge is 2.22. The van der Waals surface area contributed by atoms with Crippen molar-refractivity contribution in [2.45, 2.75) is 12.5 Å². The number of aliphatic imine (C=N–C) groups is 1. The first-order valence-corrected chi connectivity index (χ1v) is 10.2. The Bertz CT molecular complexity index is 697. The van der Waals surface area contributed by atoms with Crippen molar-refractivity contribution < 1.29 is 9.47 Å². The SMILES string of the molecule is COc1ccc(C(CN=C(N)NCCc2cccs2)N2CCOCC2)cc1. The van der Waals surface area contributed by atoms with Gasteiger partial charge in [0, 0.05) is 24.5 Å². The topological polar surface area (TPSA) is 72.1 Å². The third-order valence-corrected chi connectivity index (χ3v) is 5.62. The highest BCUT2D eigenvalue weighted by Crippen LogP contribution is 2.24. The van der Waals surface area contributed by atoms with E-state index in [4.69, 9.17) is 15.2 Å². The minimum Gasteiger partial charge on any atom is -0.497 e. The molecule has 0 saturated carbocycles. The van der Waals surface area contributed by atoms with E-state index in [1.165, 1.54) is 10.4 Å². The van der Waals surface area contributed by atoms with Gasteiger partial charge >= 0.3 is 0 Å². The molecule has 0 amide bonds. The molecule has 1 fully saturated rings. The van der Waals surface area contributed by atoms with E-state index in [9.17, 15) is 0 Å². The molecule has 1 aromatic carbocycles. The molecule has 1 unspecified atom stereocenters. The zero-order valence-electron chi connectivity index (χ0n) is 15.8. The summed E-state index contributed by atoms with van der Waals surface area (Å²) in [6, 6.07) is 12.6. The van der Waals surface area contributed by atoms with Gasteiger partial charge in [0.2, 0.25) is 0 Å². The second-order valence-corrected chi connectivity index (χ2v) is 7.45. The van der Waals surface area contributed by atoms with Crippen molar-refractivity contribution in [1.29, 1.82) is 0 Å². The van der Waals surface area contributed by atoms with E-state index in [0.29, 0.717) is 12.5 Å². The number of nitrogens with one attached hydrogen (secondary N) is 1. The number of nitrogens with two attached hydrogens (primary N) is 1. The molecule has 1 atom stereocenters. The fourth-order valence-electron chi connectivity index (χ4n) is 3.16. The largest absolute Gasteiger partial charge is 0.497 e. The first-order chi connectivity index (χ1) is 13.3. The molecule has 0 bridgehead atoms. The molecule has 1 aliphatic rings. The van der Waals surface area contributed by atoms with Crippen LogP contribution in [0.15, 0.2) is 46.8 Å². The maximum atomic E-state index is 6.09. The number of hydrogen-bond donors (Lipinski definition) is 2. The number of methoxy groups -OCH3 is 1. The Labute approximate surface area is 165 Å². The zero-order valence-corrected chi connectivity index (χ0v) is 16.6. The number of hydrogen-bond acceptors (Lipinski definition) is 5. The molecule has 7 heteroatoms. The fourth-order valence-corrected chi connectivity index (χ4v) is 3.87. The number of guanidine groups is 1. The first-order valence-electron chi connectivity index (χ1n) is 9.28. The molecule has 1 saturated heterocycles. The average molecular weight is 389 g/mol. The number of thiophene rings is 1. The van der Waals surface area contributed by atoms with Crippen molar-refractivity contribution in [1.82, 2.24) is 10.2 Å². The van der Waals surface area contributed by atoms with Crippen molar-refractivity contribution in [3.05, 3.63) is 52.2 Å². The van der Waals surface area contributed by atoms with Gasteiger partial charge in [-0.05, 0) is 35.6 Å². The predicted octanol–water partition coefficient (Wildman–Crippen LogP) is 2.28. The summed E-state index contributed by atoms with van der Waals surface area (Å²) in [5.41, 5.74) is 7.31. The molecular formula is C20H28N4O2S. The fraction of sp³-hybridized carbons (Fsp3) is 0.450. The molecule has 1 aliphatic heterocycles. The molecule has 3 rings (SSSR count). The highest BCUT2D eigenvalue weighted by atomic mass is 32.1. The van der Waals surface area contributed by atoms with Gasteiger partial charge in [0.1, 0.15) is 5.75 Å². The Kier molecular flexibility index (Phi) is 7.50. The minimum absolute atomic E-state index is 0.178. The van der Waals surface area contributed by atoms with Gasteiger partial charge in [-0.15, -0.1) is 11.3 Å². The van der Waals surface area contributed by atoms with Crippen LogP contribution in [0.1, 0.15) is 16.5 Å². The molecule has 146 valence electrons. The first kappa shape index (κ1) is 19.7. The summed E-state index contributed by atoms with van der Waals surface area (Å²) in [5, 5.41) is 5.31. The van der Waals surface area contributed by atoms with Crippen LogP contribution in [0.3, 0.4) is 0 Å². The van der Waals surface area contributed by atoms with Gasteiger partial charge in [-0.3, -0.25) is 9.89 Å². The average Bonchev–Trinajstić information content (AvgIpc) is 3.23. The molecule has 0 spiro atoms. The van der Waals surface area contributed by atoms with Crippen LogP contribution in [0.25, 0.3) is 0 Å². The van der Waals surface area contributed by atoms with E-state index >= 15 is 0 Å². The van der Waals surface area contributed by atoms with Gasteiger partial charge in [0.15, 0.2) is 5.96 Å². The van der Waals surface area contributed by atoms with Gasteiger partial charge in [0.05, 0.1) is 32.9 Å². The van der Waals surface area contributed by atoms with E-state index in [-0.39, 0.29) is 6.04 Å². The van der Waals surface area contributed by atoms with Crippen LogP contribution in [0, 0.1) is 0 Å². The standard InChI is InChI=1S/C20H28N4O2S/c1-25-17-6-4-16(5-7-17)19(24-10-12-26-13-11-24)15-23-20(21)22-9-8-18-3-2-14-27-18/h2-7,14,19H,8-13,15H2,1H3,(H3,21,22,23). The number of nitrogens with zero attached hydrogens (tertiary/aromatic N) is 2. The van der Waals surface area contributed by atoms with Gasteiger partial charge < -0.3 is 20.5 Å². The van der Waals surface area contributed by atoms with Crippen LogP contribution in [0.4, 0.5) is 0 Å². The van der Waals surface area contributed by atoms with E-state index in [1.807, 2.05) is 12.1 Å². The summed E-state index contributed by atoms with van der Waals surface area (Å²) < 4.78 is 10.8. The lowest BCUT2D eigenvalue weighted by Crippen LogP contribution is -2.41. The number of morpholine rings is 1. The summed E-state index contributed by atoms with van der Waals surface area (Å²) in [7, 11) is 1.68. The van der Waals surface area contributed by atoms with Crippen molar-refractivity contribution in [2.75, 3.05) is 46.5 Å². The molecule has 0 aliphatic carbocycles.